The fourth-order valence-electron chi connectivity index (χ4n) is 3.96. The standard InChI is InChI=1S/C19H20I2/c1-3-9-19(10-4-2)17-11-13(20)5-7-15(17)16-8-6-14(21)12-18(16)19/h5-8,11-12H,3-4,9-10H2,1-2H3. The van der Waals surface area contributed by atoms with Crippen LogP contribution in [0, 0.1) is 7.14 Å². The van der Waals surface area contributed by atoms with Crippen LogP contribution in [0.15, 0.2) is 36.4 Å². The van der Waals surface area contributed by atoms with Crippen LogP contribution >= 0.6 is 45.2 Å². The minimum Gasteiger partial charge on any atom is -0.0653 e. The molecule has 3 rings (SSSR count). The van der Waals surface area contributed by atoms with Crippen molar-refractivity contribution >= 4 is 45.2 Å². The van der Waals surface area contributed by atoms with Crippen LogP contribution in [-0.2, 0) is 5.41 Å². The predicted molar refractivity (Wildman–Crippen MR) is 108 cm³/mol. The molecule has 0 atom stereocenters. The molecule has 0 aromatic heterocycles. The molecule has 0 heterocycles. The van der Waals surface area contributed by atoms with E-state index in [2.05, 4.69) is 95.4 Å². The van der Waals surface area contributed by atoms with Crippen LogP contribution in [0.4, 0.5) is 0 Å². The molecule has 0 amide bonds. The van der Waals surface area contributed by atoms with E-state index < -0.39 is 0 Å². The molecule has 21 heavy (non-hydrogen) atoms. The van der Waals surface area contributed by atoms with Crippen LogP contribution < -0.4 is 0 Å². The summed E-state index contributed by atoms with van der Waals surface area (Å²) in [6.45, 7) is 4.63. The molecule has 0 fully saturated rings. The van der Waals surface area contributed by atoms with Crippen molar-refractivity contribution < 1.29 is 0 Å². The first kappa shape index (κ1) is 15.8. The highest BCUT2D eigenvalue weighted by molar-refractivity contribution is 14.1. The maximum atomic E-state index is 2.45. The van der Waals surface area contributed by atoms with Gasteiger partial charge in [-0.1, -0.05) is 38.8 Å². The summed E-state index contributed by atoms with van der Waals surface area (Å²) in [5.74, 6) is 0. The van der Waals surface area contributed by atoms with E-state index in [4.69, 9.17) is 0 Å². The number of halogens is 2. The molecule has 2 heteroatoms. The van der Waals surface area contributed by atoms with Crippen molar-refractivity contribution in [2.24, 2.45) is 0 Å². The third kappa shape index (κ3) is 2.56. The molecule has 1 aliphatic rings. The molecule has 110 valence electrons. The monoisotopic (exact) mass is 502 g/mol. The molecule has 0 radical (unpaired) electrons. The molecule has 0 saturated heterocycles. The average Bonchev–Trinajstić information content (AvgIpc) is 2.70. The Kier molecular flexibility index (Phi) is 4.65. The smallest absolute Gasteiger partial charge is 0.0215 e. The van der Waals surface area contributed by atoms with Gasteiger partial charge in [-0.25, -0.2) is 0 Å². The molecule has 0 saturated carbocycles. The van der Waals surface area contributed by atoms with Crippen molar-refractivity contribution in [1.82, 2.24) is 0 Å². The van der Waals surface area contributed by atoms with E-state index in [9.17, 15) is 0 Å². The molecule has 0 bridgehead atoms. The lowest BCUT2D eigenvalue weighted by Gasteiger charge is -2.32. The summed E-state index contributed by atoms with van der Waals surface area (Å²) in [6, 6.07) is 14.0. The van der Waals surface area contributed by atoms with Gasteiger partial charge >= 0.3 is 0 Å². The molecule has 0 nitrogen and oxygen atoms in total. The summed E-state index contributed by atoms with van der Waals surface area (Å²) in [5, 5.41) is 0. The average molecular weight is 502 g/mol. The van der Waals surface area contributed by atoms with E-state index in [0.717, 1.165) is 0 Å². The topological polar surface area (TPSA) is 0 Å². The predicted octanol–water partition coefficient (Wildman–Crippen LogP) is 6.76. The normalized spacial score (nSPS) is 14.9. The van der Waals surface area contributed by atoms with Crippen LogP contribution in [0.3, 0.4) is 0 Å². The van der Waals surface area contributed by atoms with E-state index in [1.54, 1.807) is 11.1 Å². The highest BCUT2D eigenvalue weighted by Crippen LogP contribution is 2.54. The van der Waals surface area contributed by atoms with Gasteiger partial charge in [0.25, 0.3) is 0 Å². The number of benzene rings is 2. The first-order valence-corrected chi connectivity index (χ1v) is 9.88. The van der Waals surface area contributed by atoms with Gasteiger partial charge < -0.3 is 0 Å². The van der Waals surface area contributed by atoms with Crippen LogP contribution in [0.2, 0.25) is 0 Å². The van der Waals surface area contributed by atoms with Gasteiger partial charge in [0, 0.05) is 12.6 Å². The Balaban J connectivity index is 2.32. The second-order valence-corrected chi connectivity index (χ2v) is 8.45. The molecule has 2 aromatic rings. The molecule has 0 unspecified atom stereocenters. The zero-order valence-electron chi connectivity index (χ0n) is 12.5. The fraction of sp³-hybridized carbons (Fsp3) is 0.368. The Morgan fingerprint density at radius 1 is 0.762 bits per heavy atom. The number of fused-ring (bicyclic) bond motifs is 3. The first-order chi connectivity index (χ1) is 10.1. The zero-order chi connectivity index (χ0) is 15.0. The second-order valence-electron chi connectivity index (χ2n) is 5.96. The van der Waals surface area contributed by atoms with Crippen molar-refractivity contribution in [3.8, 4) is 11.1 Å². The quantitative estimate of drug-likeness (QED) is 0.406. The summed E-state index contributed by atoms with van der Waals surface area (Å²) in [4.78, 5) is 0. The minimum absolute atomic E-state index is 0.233. The number of rotatable bonds is 4. The third-order valence-electron chi connectivity index (χ3n) is 4.64. The summed E-state index contributed by atoms with van der Waals surface area (Å²) in [7, 11) is 0. The van der Waals surface area contributed by atoms with E-state index in [-0.39, 0.29) is 5.41 Å². The summed E-state index contributed by atoms with van der Waals surface area (Å²) < 4.78 is 2.70. The Hall–Kier alpha value is -0.100. The summed E-state index contributed by atoms with van der Waals surface area (Å²) >= 11 is 4.90. The van der Waals surface area contributed by atoms with Gasteiger partial charge in [-0.15, -0.1) is 0 Å². The summed E-state index contributed by atoms with van der Waals surface area (Å²) in [5.41, 5.74) is 6.29. The van der Waals surface area contributed by atoms with Crippen LogP contribution in [0.1, 0.15) is 50.7 Å². The molecule has 0 N–H and O–H groups in total. The highest BCUT2D eigenvalue weighted by atomic mass is 127. The Morgan fingerprint density at radius 3 is 1.57 bits per heavy atom. The van der Waals surface area contributed by atoms with Crippen LogP contribution in [0.5, 0.6) is 0 Å². The van der Waals surface area contributed by atoms with Crippen molar-refractivity contribution in [3.63, 3.8) is 0 Å². The SMILES string of the molecule is CCCC1(CCC)c2cc(I)ccc2-c2ccc(I)cc21. The van der Waals surface area contributed by atoms with Gasteiger partial charge in [-0.05, 0) is 105 Å². The molecule has 2 aromatic carbocycles. The Bertz CT molecular complexity index is 614. The lowest BCUT2D eigenvalue weighted by atomic mass is 9.71. The fourth-order valence-corrected chi connectivity index (χ4v) is 4.94. The largest absolute Gasteiger partial charge is 0.0653 e. The number of hydrogen-bond acceptors (Lipinski definition) is 0. The van der Waals surface area contributed by atoms with Crippen LogP contribution in [-0.4, -0.2) is 0 Å². The van der Waals surface area contributed by atoms with Crippen molar-refractivity contribution in [2.45, 2.75) is 44.9 Å². The van der Waals surface area contributed by atoms with Crippen molar-refractivity contribution in [2.75, 3.05) is 0 Å². The maximum absolute atomic E-state index is 2.45. The molecular formula is C19H20I2. The Labute approximate surface area is 155 Å². The first-order valence-electron chi connectivity index (χ1n) is 7.73. The van der Waals surface area contributed by atoms with E-state index in [1.807, 2.05) is 0 Å². The number of hydrogen-bond donors (Lipinski definition) is 0. The zero-order valence-corrected chi connectivity index (χ0v) is 16.9. The van der Waals surface area contributed by atoms with Gasteiger partial charge in [0.05, 0.1) is 0 Å². The molecule has 0 spiro atoms. The molecular weight excluding hydrogens is 482 g/mol. The van der Waals surface area contributed by atoms with Crippen LogP contribution in [0.25, 0.3) is 11.1 Å². The molecule has 0 aliphatic heterocycles. The Morgan fingerprint density at radius 2 is 1.19 bits per heavy atom. The lowest BCUT2D eigenvalue weighted by molar-refractivity contribution is 0.435. The van der Waals surface area contributed by atoms with Gasteiger partial charge in [-0.2, -0.15) is 0 Å². The van der Waals surface area contributed by atoms with Crippen molar-refractivity contribution in [1.29, 1.82) is 0 Å². The van der Waals surface area contributed by atoms with Gasteiger partial charge in [0.1, 0.15) is 0 Å². The van der Waals surface area contributed by atoms with E-state index in [1.165, 1.54) is 44.0 Å². The van der Waals surface area contributed by atoms with E-state index >= 15 is 0 Å². The lowest BCUT2D eigenvalue weighted by Crippen LogP contribution is -2.25. The van der Waals surface area contributed by atoms with E-state index in [0.29, 0.717) is 0 Å². The molecule has 1 aliphatic carbocycles. The second kappa shape index (κ2) is 6.19. The third-order valence-corrected chi connectivity index (χ3v) is 5.98. The van der Waals surface area contributed by atoms with Gasteiger partial charge in [0.15, 0.2) is 0 Å². The summed E-state index contributed by atoms with van der Waals surface area (Å²) in [6.07, 6.45) is 4.97. The maximum Gasteiger partial charge on any atom is 0.0215 e. The van der Waals surface area contributed by atoms with Crippen molar-refractivity contribution in [3.05, 3.63) is 54.7 Å². The van der Waals surface area contributed by atoms with Gasteiger partial charge in [-0.3, -0.25) is 0 Å². The minimum atomic E-state index is 0.233. The van der Waals surface area contributed by atoms with Gasteiger partial charge in [0.2, 0.25) is 0 Å². The highest BCUT2D eigenvalue weighted by Gasteiger charge is 2.41.